The Balaban J connectivity index is 1.47. The highest BCUT2D eigenvalue weighted by molar-refractivity contribution is 7.89. The number of ether oxygens (including phenoxy) is 1. The van der Waals surface area contributed by atoms with Gasteiger partial charge in [-0.05, 0) is 48.7 Å². The second kappa shape index (κ2) is 9.25. The van der Waals surface area contributed by atoms with Gasteiger partial charge in [0.05, 0.1) is 23.0 Å². The summed E-state index contributed by atoms with van der Waals surface area (Å²) in [5.74, 6) is 0. The molecule has 0 radical (unpaired) electrons. The third-order valence-electron chi connectivity index (χ3n) is 5.63. The third kappa shape index (κ3) is 4.93. The van der Waals surface area contributed by atoms with Crippen molar-refractivity contribution in [2.45, 2.75) is 29.2 Å². The van der Waals surface area contributed by atoms with Gasteiger partial charge in [-0.3, -0.25) is 0 Å². The van der Waals surface area contributed by atoms with Crippen molar-refractivity contribution in [3.63, 3.8) is 0 Å². The summed E-state index contributed by atoms with van der Waals surface area (Å²) in [7, 11) is -7.44. The van der Waals surface area contributed by atoms with Crippen molar-refractivity contribution in [2.75, 3.05) is 44.3 Å². The van der Waals surface area contributed by atoms with Gasteiger partial charge in [-0.2, -0.15) is 4.31 Å². The van der Waals surface area contributed by atoms with E-state index in [0.717, 1.165) is 37.2 Å². The van der Waals surface area contributed by atoms with Crippen LogP contribution in [0.1, 0.15) is 18.4 Å². The molecule has 2 aliphatic heterocycles. The quantitative estimate of drug-likeness (QED) is 0.670. The summed E-state index contributed by atoms with van der Waals surface area (Å²) in [5, 5.41) is 0. The van der Waals surface area contributed by atoms with Crippen molar-refractivity contribution in [3.05, 3.63) is 54.1 Å². The smallest absolute Gasteiger partial charge is 0.243 e. The van der Waals surface area contributed by atoms with Gasteiger partial charge < -0.3 is 9.64 Å². The second-order valence-corrected chi connectivity index (χ2v) is 11.3. The van der Waals surface area contributed by atoms with E-state index < -0.39 is 20.0 Å². The maximum atomic E-state index is 12.8. The first-order valence-corrected chi connectivity index (χ1v) is 13.3. The van der Waals surface area contributed by atoms with Crippen LogP contribution >= 0.6 is 0 Å². The molecule has 168 valence electrons. The Morgan fingerprint density at radius 2 is 1.42 bits per heavy atom. The van der Waals surface area contributed by atoms with Crippen LogP contribution in [0.25, 0.3) is 0 Å². The number of nitrogens with zero attached hydrogens (tertiary/aromatic N) is 2. The molecule has 2 saturated heterocycles. The van der Waals surface area contributed by atoms with Crippen LogP contribution in [0, 0.1) is 0 Å². The molecule has 2 aromatic rings. The number of para-hydroxylation sites is 1. The fourth-order valence-electron chi connectivity index (χ4n) is 3.91. The summed E-state index contributed by atoms with van der Waals surface area (Å²) < 4.78 is 60.2. The summed E-state index contributed by atoms with van der Waals surface area (Å²) in [6.07, 6.45) is 2.28. The van der Waals surface area contributed by atoms with E-state index in [-0.39, 0.29) is 16.3 Å². The van der Waals surface area contributed by atoms with Gasteiger partial charge in [0.2, 0.25) is 20.0 Å². The zero-order valence-corrected chi connectivity index (χ0v) is 18.9. The van der Waals surface area contributed by atoms with Gasteiger partial charge in [0.25, 0.3) is 0 Å². The molecule has 10 heteroatoms. The Hall–Kier alpha value is -1.98. The number of hydrogen-bond acceptors (Lipinski definition) is 6. The average Bonchev–Trinajstić information content (AvgIpc) is 3.33. The Bertz CT molecular complexity index is 1110. The van der Waals surface area contributed by atoms with Gasteiger partial charge in [-0.25, -0.2) is 21.6 Å². The first kappa shape index (κ1) is 22.2. The standard InChI is InChI=1S/C21H27N3O5S2/c25-30(26,22-17-18-5-1-2-6-21(18)23-11-3-4-12-23)19-7-9-20(10-8-19)31(27,28)24-13-15-29-16-14-24/h1-2,5-10,22H,3-4,11-17H2. The monoisotopic (exact) mass is 465 g/mol. The van der Waals surface area contributed by atoms with Gasteiger partial charge in [-0.1, -0.05) is 18.2 Å². The van der Waals surface area contributed by atoms with Crippen molar-refractivity contribution in [3.8, 4) is 0 Å². The summed E-state index contributed by atoms with van der Waals surface area (Å²) >= 11 is 0. The minimum atomic E-state index is -3.78. The van der Waals surface area contributed by atoms with Crippen molar-refractivity contribution in [1.29, 1.82) is 0 Å². The predicted octanol–water partition coefficient (Wildman–Crippen LogP) is 1.79. The van der Waals surface area contributed by atoms with Gasteiger partial charge in [0, 0.05) is 38.4 Å². The Kier molecular flexibility index (Phi) is 6.63. The van der Waals surface area contributed by atoms with Crippen molar-refractivity contribution < 1.29 is 21.6 Å². The second-order valence-electron chi connectivity index (χ2n) is 7.64. The van der Waals surface area contributed by atoms with Gasteiger partial charge in [0.1, 0.15) is 0 Å². The highest BCUT2D eigenvalue weighted by Gasteiger charge is 2.27. The van der Waals surface area contributed by atoms with Gasteiger partial charge in [-0.15, -0.1) is 0 Å². The number of benzene rings is 2. The van der Waals surface area contributed by atoms with Gasteiger partial charge in [0.15, 0.2) is 0 Å². The minimum Gasteiger partial charge on any atom is -0.379 e. The first-order chi connectivity index (χ1) is 14.9. The first-order valence-electron chi connectivity index (χ1n) is 10.4. The van der Waals surface area contributed by atoms with Crippen LogP contribution in [0.3, 0.4) is 0 Å². The van der Waals surface area contributed by atoms with Crippen LogP contribution in [0.5, 0.6) is 0 Å². The molecular weight excluding hydrogens is 438 g/mol. The fourth-order valence-corrected chi connectivity index (χ4v) is 6.32. The minimum absolute atomic E-state index is 0.0343. The van der Waals surface area contributed by atoms with E-state index in [2.05, 4.69) is 9.62 Å². The van der Waals surface area contributed by atoms with E-state index in [1.54, 1.807) is 0 Å². The molecule has 0 amide bonds. The molecule has 2 aromatic carbocycles. The molecule has 2 aliphatic rings. The number of sulfonamides is 2. The van der Waals surface area contributed by atoms with Crippen LogP contribution in [-0.2, 0) is 31.3 Å². The Morgan fingerprint density at radius 3 is 2.10 bits per heavy atom. The number of nitrogens with one attached hydrogen (secondary N) is 1. The molecule has 2 fully saturated rings. The molecule has 0 aromatic heterocycles. The average molecular weight is 466 g/mol. The summed E-state index contributed by atoms with van der Waals surface area (Å²) in [6, 6.07) is 13.2. The number of rotatable bonds is 7. The van der Waals surface area contributed by atoms with E-state index in [0.29, 0.717) is 26.3 Å². The molecule has 0 spiro atoms. The summed E-state index contributed by atoms with van der Waals surface area (Å²) in [6.45, 7) is 3.41. The maximum absolute atomic E-state index is 12.8. The van der Waals surface area contributed by atoms with Crippen molar-refractivity contribution in [1.82, 2.24) is 9.03 Å². The molecule has 0 unspecified atom stereocenters. The zero-order valence-electron chi connectivity index (χ0n) is 17.2. The highest BCUT2D eigenvalue weighted by Crippen LogP contribution is 2.25. The summed E-state index contributed by atoms with van der Waals surface area (Å²) in [5.41, 5.74) is 1.97. The van der Waals surface area contributed by atoms with Crippen LogP contribution in [0.4, 0.5) is 5.69 Å². The number of hydrogen-bond donors (Lipinski definition) is 1. The fraction of sp³-hybridized carbons (Fsp3) is 0.429. The van der Waals surface area contributed by atoms with Crippen LogP contribution in [0.15, 0.2) is 58.3 Å². The number of anilines is 1. The maximum Gasteiger partial charge on any atom is 0.243 e. The largest absolute Gasteiger partial charge is 0.379 e. The van der Waals surface area contributed by atoms with Crippen LogP contribution in [0.2, 0.25) is 0 Å². The van der Waals surface area contributed by atoms with E-state index in [9.17, 15) is 16.8 Å². The van der Waals surface area contributed by atoms with E-state index >= 15 is 0 Å². The lowest BCUT2D eigenvalue weighted by Crippen LogP contribution is -2.40. The zero-order chi connectivity index (χ0) is 21.9. The highest BCUT2D eigenvalue weighted by atomic mass is 32.2. The van der Waals surface area contributed by atoms with E-state index in [1.807, 2.05) is 24.3 Å². The topological polar surface area (TPSA) is 96.0 Å². The Morgan fingerprint density at radius 1 is 0.806 bits per heavy atom. The van der Waals surface area contributed by atoms with Crippen LogP contribution in [-0.4, -0.2) is 60.5 Å². The molecule has 1 N–H and O–H groups in total. The number of morpholine rings is 1. The van der Waals surface area contributed by atoms with E-state index in [4.69, 9.17) is 4.74 Å². The molecule has 0 bridgehead atoms. The Labute approximate surface area is 183 Å². The lowest BCUT2D eigenvalue weighted by molar-refractivity contribution is 0.0730. The molecule has 31 heavy (non-hydrogen) atoms. The predicted molar refractivity (Wildman–Crippen MR) is 118 cm³/mol. The lowest BCUT2D eigenvalue weighted by atomic mass is 10.1. The molecule has 4 rings (SSSR count). The summed E-state index contributed by atoms with van der Waals surface area (Å²) in [4.78, 5) is 2.38. The van der Waals surface area contributed by atoms with Gasteiger partial charge >= 0.3 is 0 Å². The third-order valence-corrected chi connectivity index (χ3v) is 8.96. The van der Waals surface area contributed by atoms with E-state index in [1.165, 1.54) is 28.6 Å². The molecule has 2 heterocycles. The molecule has 0 aliphatic carbocycles. The van der Waals surface area contributed by atoms with Crippen LogP contribution < -0.4 is 9.62 Å². The SMILES string of the molecule is O=S(=O)(NCc1ccccc1N1CCCC1)c1ccc(S(=O)(=O)N2CCOCC2)cc1. The lowest BCUT2D eigenvalue weighted by Gasteiger charge is -2.26. The molecular formula is C21H27N3O5S2. The molecule has 0 saturated carbocycles. The molecule has 8 nitrogen and oxygen atoms in total. The molecule has 0 atom stereocenters. The normalized spacial score (nSPS) is 18.4. The van der Waals surface area contributed by atoms with Crippen molar-refractivity contribution >= 4 is 25.7 Å². The van der Waals surface area contributed by atoms with Crippen molar-refractivity contribution in [2.24, 2.45) is 0 Å².